The maximum Gasteiger partial charge on any atom is 0.327 e. The van der Waals surface area contributed by atoms with Gasteiger partial charge < -0.3 is 23.0 Å². The van der Waals surface area contributed by atoms with E-state index >= 15 is 0 Å². The first-order valence-corrected chi connectivity index (χ1v) is 7.90. The largest absolute Gasteiger partial charge is 0.348 e. The lowest BCUT2D eigenvalue weighted by molar-refractivity contribution is -0.142. The molecule has 0 bridgehead atoms. The van der Waals surface area contributed by atoms with E-state index in [2.05, 4.69) is 0 Å². The van der Waals surface area contributed by atoms with Crippen LogP contribution in [0.1, 0.15) is 20.3 Å². The summed E-state index contributed by atoms with van der Waals surface area (Å²) in [5.74, 6) is -0.532. The monoisotopic (exact) mass is 268 g/mol. The SMILES string of the molecule is CC1(C)OCC(COP2(=S)OCCCO2)O1. The van der Waals surface area contributed by atoms with E-state index < -0.39 is 12.5 Å². The molecule has 2 aliphatic heterocycles. The van der Waals surface area contributed by atoms with Gasteiger partial charge in [-0.3, -0.25) is 0 Å². The lowest BCUT2D eigenvalue weighted by atomic mass is 10.4. The Morgan fingerprint density at radius 3 is 2.62 bits per heavy atom. The second kappa shape index (κ2) is 4.98. The molecule has 2 aliphatic rings. The molecule has 0 N–H and O–H groups in total. The van der Waals surface area contributed by atoms with Crippen LogP contribution in [-0.2, 0) is 34.9 Å². The topological polar surface area (TPSA) is 46.2 Å². The van der Waals surface area contributed by atoms with Gasteiger partial charge in [0.2, 0.25) is 0 Å². The van der Waals surface area contributed by atoms with E-state index in [1.54, 1.807) is 0 Å². The third-order valence-corrected chi connectivity index (χ3v) is 4.68. The summed E-state index contributed by atoms with van der Waals surface area (Å²) >= 11 is 5.19. The van der Waals surface area contributed by atoms with Crippen molar-refractivity contribution in [3.05, 3.63) is 0 Å². The van der Waals surface area contributed by atoms with Crippen molar-refractivity contribution in [3.8, 4) is 0 Å². The first-order valence-electron chi connectivity index (χ1n) is 5.35. The van der Waals surface area contributed by atoms with E-state index in [1.807, 2.05) is 13.8 Å². The van der Waals surface area contributed by atoms with Gasteiger partial charge >= 0.3 is 6.72 Å². The van der Waals surface area contributed by atoms with Gasteiger partial charge in [-0.15, -0.1) is 0 Å². The van der Waals surface area contributed by atoms with Crippen LogP contribution in [0.4, 0.5) is 0 Å². The molecule has 1 atom stereocenters. The fraction of sp³-hybridized carbons (Fsp3) is 1.00. The summed E-state index contributed by atoms with van der Waals surface area (Å²) in [6, 6.07) is 0. The molecule has 0 spiro atoms. The Labute approximate surface area is 101 Å². The van der Waals surface area contributed by atoms with Gasteiger partial charge in [-0.25, -0.2) is 0 Å². The van der Waals surface area contributed by atoms with Gasteiger partial charge in [0.15, 0.2) is 5.79 Å². The number of hydrogen-bond donors (Lipinski definition) is 0. The molecule has 5 nitrogen and oxygen atoms in total. The van der Waals surface area contributed by atoms with Crippen LogP contribution in [0, 0.1) is 0 Å². The van der Waals surface area contributed by atoms with Gasteiger partial charge in [0, 0.05) is 0 Å². The smallest absolute Gasteiger partial charge is 0.327 e. The highest BCUT2D eigenvalue weighted by molar-refractivity contribution is 8.07. The average molecular weight is 268 g/mol. The lowest BCUT2D eigenvalue weighted by Gasteiger charge is -2.26. The minimum absolute atomic E-state index is 0.0936. The van der Waals surface area contributed by atoms with Crippen molar-refractivity contribution in [1.82, 2.24) is 0 Å². The van der Waals surface area contributed by atoms with Crippen molar-refractivity contribution >= 4 is 18.5 Å². The quantitative estimate of drug-likeness (QED) is 0.728. The summed E-state index contributed by atoms with van der Waals surface area (Å²) in [7, 11) is 0. The van der Waals surface area contributed by atoms with Gasteiger partial charge in [-0.05, 0) is 32.1 Å². The Balaban J connectivity index is 1.77. The van der Waals surface area contributed by atoms with Crippen molar-refractivity contribution < 1.29 is 23.0 Å². The fourth-order valence-corrected chi connectivity index (χ4v) is 3.45. The third kappa shape index (κ3) is 3.47. The van der Waals surface area contributed by atoms with Gasteiger partial charge in [-0.1, -0.05) is 0 Å². The zero-order valence-electron chi connectivity index (χ0n) is 9.51. The second-order valence-electron chi connectivity index (χ2n) is 4.21. The highest BCUT2D eigenvalue weighted by Crippen LogP contribution is 2.52. The minimum atomic E-state index is -2.51. The molecule has 0 aromatic heterocycles. The summed E-state index contributed by atoms with van der Waals surface area (Å²) in [4.78, 5) is 0. The van der Waals surface area contributed by atoms with Crippen molar-refractivity contribution in [3.63, 3.8) is 0 Å². The predicted octanol–water partition coefficient (Wildman–Crippen LogP) is 1.82. The van der Waals surface area contributed by atoms with Crippen molar-refractivity contribution in [2.45, 2.75) is 32.2 Å². The molecule has 2 fully saturated rings. The highest BCUT2D eigenvalue weighted by Gasteiger charge is 2.34. The van der Waals surface area contributed by atoms with Crippen LogP contribution in [0.15, 0.2) is 0 Å². The van der Waals surface area contributed by atoms with Crippen LogP contribution in [0.2, 0.25) is 0 Å². The number of hydrogen-bond acceptors (Lipinski definition) is 6. The molecule has 2 saturated heterocycles. The normalized spacial score (nSPS) is 32.8. The van der Waals surface area contributed by atoms with E-state index in [0.717, 1.165) is 6.42 Å². The van der Waals surface area contributed by atoms with Crippen LogP contribution < -0.4 is 0 Å². The first-order chi connectivity index (χ1) is 7.49. The number of rotatable bonds is 3. The fourth-order valence-electron chi connectivity index (χ4n) is 1.54. The van der Waals surface area contributed by atoms with Gasteiger partial charge in [0.1, 0.15) is 6.10 Å². The summed E-state index contributed by atoms with van der Waals surface area (Å²) in [5, 5.41) is 0. The van der Waals surface area contributed by atoms with Crippen LogP contribution in [-0.4, -0.2) is 38.3 Å². The molecule has 94 valence electrons. The van der Waals surface area contributed by atoms with E-state index in [1.165, 1.54) is 0 Å². The van der Waals surface area contributed by atoms with Gasteiger partial charge in [0.25, 0.3) is 0 Å². The standard InChI is InChI=1S/C9H17O5PS/c1-9(2)10-6-8(14-9)7-13-15(16)11-4-3-5-12-15/h8H,3-7H2,1-2H3. The molecule has 2 rings (SSSR count). The summed E-state index contributed by atoms with van der Waals surface area (Å²) in [6.45, 7) is 3.35. The predicted molar refractivity (Wildman–Crippen MR) is 61.7 cm³/mol. The molecular weight excluding hydrogens is 251 g/mol. The Morgan fingerprint density at radius 2 is 2.06 bits per heavy atom. The summed E-state index contributed by atoms with van der Waals surface area (Å²) in [5.41, 5.74) is 0. The Kier molecular flexibility index (Phi) is 4.01. The minimum Gasteiger partial charge on any atom is -0.348 e. The average Bonchev–Trinajstić information content (AvgIpc) is 2.57. The van der Waals surface area contributed by atoms with Gasteiger partial charge in [-0.2, -0.15) is 0 Å². The Bertz CT molecular complexity index is 286. The molecule has 0 aromatic rings. The molecule has 1 unspecified atom stereocenters. The van der Waals surface area contributed by atoms with E-state index in [0.29, 0.717) is 26.4 Å². The Hall–Kier alpha value is 0.450. The molecular formula is C9H17O5PS. The van der Waals surface area contributed by atoms with Crippen LogP contribution in [0.5, 0.6) is 0 Å². The molecule has 16 heavy (non-hydrogen) atoms. The molecule has 2 heterocycles. The highest BCUT2D eigenvalue weighted by atomic mass is 32.5. The second-order valence-corrected chi connectivity index (χ2v) is 7.22. The maximum absolute atomic E-state index is 5.60. The van der Waals surface area contributed by atoms with E-state index in [9.17, 15) is 0 Å². The van der Waals surface area contributed by atoms with Crippen LogP contribution in [0.25, 0.3) is 0 Å². The molecule has 0 aliphatic carbocycles. The molecule has 0 aromatic carbocycles. The van der Waals surface area contributed by atoms with Crippen LogP contribution in [0.3, 0.4) is 0 Å². The number of ether oxygens (including phenoxy) is 2. The van der Waals surface area contributed by atoms with Crippen molar-refractivity contribution in [2.24, 2.45) is 0 Å². The Morgan fingerprint density at radius 1 is 1.38 bits per heavy atom. The zero-order valence-corrected chi connectivity index (χ0v) is 11.2. The maximum atomic E-state index is 5.60. The lowest BCUT2D eigenvalue weighted by Crippen LogP contribution is -2.24. The van der Waals surface area contributed by atoms with Crippen LogP contribution >= 0.6 is 6.72 Å². The van der Waals surface area contributed by atoms with E-state index in [4.69, 9.17) is 34.9 Å². The molecule has 0 saturated carbocycles. The third-order valence-electron chi connectivity index (χ3n) is 2.27. The summed E-state index contributed by atoms with van der Waals surface area (Å²) < 4.78 is 27.3. The van der Waals surface area contributed by atoms with E-state index in [-0.39, 0.29) is 6.10 Å². The van der Waals surface area contributed by atoms with Gasteiger partial charge in [0.05, 0.1) is 26.4 Å². The van der Waals surface area contributed by atoms with Crippen molar-refractivity contribution in [2.75, 3.05) is 26.4 Å². The molecule has 7 heteroatoms. The van der Waals surface area contributed by atoms with Crippen molar-refractivity contribution in [1.29, 1.82) is 0 Å². The molecule has 0 amide bonds. The zero-order chi connectivity index (χ0) is 11.6. The first kappa shape index (κ1) is 12.9. The molecule has 0 radical (unpaired) electrons. The summed E-state index contributed by atoms with van der Waals surface area (Å²) in [6.07, 6.45) is 0.779.